The van der Waals surface area contributed by atoms with Crippen molar-refractivity contribution in [1.29, 1.82) is 0 Å². The molecule has 3 N–H and O–H groups in total. The number of hydrogen-bond donors (Lipinski definition) is 3. The number of H-pyrrole nitrogens is 1. The number of aromatic amines is 1. The molecule has 4 rings (SSSR count). The maximum absolute atomic E-state index is 13.4. The Balaban J connectivity index is 1.45. The van der Waals surface area contributed by atoms with Gasteiger partial charge in [-0.1, -0.05) is 34.4 Å². The largest absolute Gasteiger partial charge is 0.617 e. The van der Waals surface area contributed by atoms with Crippen LogP contribution >= 0.6 is 23.2 Å². The highest BCUT2D eigenvalue weighted by Gasteiger charge is 2.31. The molecule has 0 radical (unpaired) electrons. The van der Waals surface area contributed by atoms with Crippen molar-refractivity contribution in [2.24, 2.45) is 0 Å². The zero-order chi connectivity index (χ0) is 30.6. The highest BCUT2D eigenvalue weighted by molar-refractivity contribution is 7.90. The average Bonchev–Trinajstić information content (AvgIpc) is 3.55. The van der Waals surface area contributed by atoms with Gasteiger partial charge in [0.2, 0.25) is 0 Å². The number of ether oxygens (including phenoxy) is 1. The number of halogens is 2. The Labute approximate surface area is 258 Å². The molecule has 1 fully saturated rings. The fraction of sp³-hybridized carbons (Fsp3) is 0.448. The zero-order valence-corrected chi connectivity index (χ0v) is 26.3. The van der Waals surface area contributed by atoms with Crippen LogP contribution in [0.1, 0.15) is 72.6 Å². The Hall–Kier alpha value is -2.99. The summed E-state index contributed by atoms with van der Waals surface area (Å²) >= 11 is 11.6. The van der Waals surface area contributed by atoms with Gasteiger partial charge in [-0.05, 0) is 70.0 Å². The molecular formula is C29H35Cl2N5O5S. The number of imidazole rings is 1. The summed E-state index contributed by atoms with van der Waals surface area (Å²) in [4.78, 5) is 48.3. The summed E-state index contributed by atoms with van der Waals surface area (Å²) in [6.45, 7) is 6.14. The summed E-state index contributed by atoms with van der Waals surface area (Å²) in [5.74, 6) is 0.187. The van der Waals surface area contributed by atoms with Gasteiger partial charge in [-0.3, -0.25) is 9.59 Å². The number of fused-ring (bicyclic) bond motifs is 1. The van der Waals surface area contributed by atoms with Crippen LogP contribution in [0.25, 0.3) is 11.0 Å². The number of nitrogens with zero attached hydrogens (tertiary/aromatic N) is 2. The van der Waals surface area contributed by atoms with E-state index < -0.39 is 34.8 Å². The summed E-state index contributed by atoms with van der Waals surface area (Å²) < 4.78 is 17.1. The summed E-state index contributed by atoms with van der Waals surface area (Å²) in [6, 6.07) is 9.07. The minimum absolute atomic E-state index is 0.142. The lowest BCUT2D eigenvalue weighted by atomic mass is 10.1. The van der Waals surface area contributed by atoms with E-state index in [1.807, 2.05) is 0 Å². The van der Waals surface area contributed by atoms with Gasteiger partial charge in [0, 0.05) is 36.1 Å². The molecule has 0 bridgehead atoms. The maximum atomic E-state index is 13.4. The molecular weight excluding hydrogens is 601 g/mol. The van der Waals surface area contributed by atoms with Crippen molar-refractivity contribution >= 4 is 63.3 Å². The molecule has 3 atom stereocenters. The first-order chi connectivity index (χ1) is 19.8. The van der Waals surface area contributed by atoms with Crippen molar-refractivity contribution < 1.29 is 23.7 Å². The van der Waals surface area contributed by atoms with Gasteiger partial charge in [-0.25, -0.2) is 9.78 Å². The van der Waals surface area contributed by atoms with E-state index in [-0.39, 0.29) is 34.6 Å². The van der Waals surface area contributed by atoms with E-state index in [0.29, 0.717) is 35.1 Å². The monoisotopic (exact) mass is 635 g/mol. The Bertz CT molecular complexity index is 1460. The van der Waals surface area contributed by atoms with Gasteiger partial charge in [0.25, 0.3) is 11.8 Å². The Morgan fingerprint density at radius 1 is 1.21 bits per heavy atom. The molecule has 13 heteroatoms. The van der Waals surface area contributed by atoms with Crippen LogP contribution in [-0.2, 0) is 15.9 Å². The molecule has 1 aliphatic heterocycles. The zero-order valence-electron chi connectivity index (χ0n) is 24.0. The Kier molecular flexibility index (Phi) is 10.3. The van der Waals surface area contributed by atoms with Crippen LogP contribution < -0.4 is 10.6 Å². The molecule has 0 saturated carbocycles. The molecule has 3 amide bonds. The molecule has 1 aromatic heterocycles. The SMILES string of the molecule is C[S+]([O-])CC[C@H](NC(=O)c1ccc(C(=O)N2CCCC2CNC(=O)OC(C)(C)C)c(Cl)c1)c1nc2cc(Cl)ccc2[nH]1. The molecule has 226 valence electrons. The third kappa shape index (κ3) is 8.31. The van der Waals surface area contributed by atoms with Crippen LogP contribution in [0.4, 0.5) is 4.79 Å². The average molecular weight is 637 g/mol. The molecule has 2 unspecified atom stereocenters. The van der Waals surface area contributed by atoms with Gasteiger partial charge in [-0.2, -0.15) is 0 Å². The van der Waals surface area contributed by atoms with E-state index in [9.17, 15) is 18.9 Å². The number of carbonyl (C=O) groups is 3. The molecule has 1 aliphatic rings. The lowest BCUT2D eigenvalue weighted by molar-refractivity contribution is 0.0501. The predicted molar refractivity (Wildman–Crippen MR) is 165 cm³/mol. The summed E-state index contributed by atoms with van der Waals surface area (Å²) in [5, 5.41) is 6.38. The first-order valence-corrected chi connectivity index (χ1v) is 16.1. The second-order valence-electron chi connectivity index (χ2n) is 11.2. The van der Waals surface area contributed by atoms with E-state index in [4.69, 9.17) is 27.9 Å². The van der Waals surface area contributed by atoms with E-state index in [2.05, 4.69) is 20.6 Å². The van der Waals surface area contributed by atoms with E-state index in [1.165, 1.54) is 12.1 Å². The van der Waals surface area contributed by atoms with Crippen LogP contribution in [0.3, 0.4) is 0 Å². The second-order valence-corrected chi connectivity index (χ2v) is 13.6. The van der Waals surface area contributed by atoms with Crippen molar-refractivity contribution in [2.75, 3.05) is 25.1 Å². The molecule has 42 heavy (non-hydrogen) atoms. The van der Waals surface area contributed by atoms with Crippen molar-refractivity contribution in [1.82, 2.24) is 25.5 Å². The fourth-order valence-electron chi connectivity index (χ4n) is 4.78. The number of rotatable bonds is 9. The number of amides is 3. The van der Waals surface area contributed by atoms with Crippen LogP contribution in [0, 0.1) is 0 Å². The molecule has 0 spiro atoms. The van der Waals surface area contributed by atoms with E-state index >= 15 is 0 Å². The van der Waals surface area contributed by atoms with Gasteiger partial charge in [0.1, 0.15) is 17.2 Å². The summed E-state index contributed by atoms with van der Waals surface area (Å²) in [7, 11) is 0. The summed E-state index contributed by atoms with van der Waals surface area (Å²) in [6.07, 6.45) is 2.98. The maximum Gasteiger partial charge on any atom is 0.407 e. The third-order valence-corrected chi connectivity index (χ3v) is 8.13. The Morgan fingerprint density at radius 2 is 1.98 bits per heavy atom. The molecule has 1 saturated heterocycles. The van der Waals surface area contributed by atoms with Crippen molar-refractivity contribution in [3.8, 4) is 0 Å². The van der Waals surface area contributed by atoms with Crippen LogP contribution in [0.2, 0.25) is 10.0 Å². The normalized spacial score (nSPS) is 16.7. The smallest absolute Gasteiger partial charge is 0.407 e. The number of likely N-dealkylation sites (tertiary alicyclic amines) is 1. The lowest BCUT2D eigenvalue weighted by Crippen LogP contribution is -2.44. The van der Waals surface area contributed by atoms with Crippen LogP contribution in [-0.4, -0.2) is 74.1 Å². The summed E-state index contributed by atoms with van der Waals surface area (Å²) in [5.41, 5.74) is 1.33. The van der Waals surface area contributed by atoms with Crippen LogP contribution in [0.5, 0.6) is 0 Å². The topological polar surface area (TPSA) is 139 Å². The van der Waals surface area contributed by atoms with Gasteiger partial charge in [-0.15, -0.1) is 0 Å². The third-order valence-electron chi connectivity index (χ3n) is 6.77. The number of nitrogens with one attached hydrogen (secondary N) is 3. The molecule has 0 aliphatic carbocycles. The molecule has 3 aromatic rings. The molecule has 10 nitrogen and oxygen atoms in total. The molecule has 2 aromatic carbocycles. The number of aromatic nitrogens is 2. The fourth-order valence-corrected chi connectivity index (χ4v) is 5.78. The van der Waals surface area contributed by atoms with Gasteiger partial charge < -0.3 is 29.8 Å². The van der Waals surface area contributed by atoms with Crippen molar-refractivity contribution in [3.05, 3.63) is 63.4 Å². The minimum atomic E-state index is -1.07. The molecule has 2 heterocycles. The number of carbonyl (C=O) groups excluding carboxylic acids is 3. The number of hydrogen-bond acceptors (Lipinski definition) is 6. The predicted octanol–water partition coefficient (Wildman–Crippen LogP) is 5.24. The highest BCUT2D eigenvalue weighted by Crippen LogP contribution is 2.26. The Morgan fingerprint density at radius 3 is 2.67 bits per heavy atom. The lowest BCUT2D eigenvalue weighted by Gasteiger charge is -2.26. The highest BCUT2D eigenvalue weighted by atomic mass is 35.5. The number of benzene rings is 2. The van der Waals surface area contributed by atoms with E-state index in [0.717, 1.165) is 18.4 Å². The second kappa shape index (κ2) is 13.5. The van der Waals surface area contributed by atoms with Gasteiger partial charge >= 0.3 is 6.09 Å². The number of alkyl carbamates (subject to hydrolysis) is 1. The van der Waals surface area contributed by atoms with Crippen molar-refractivity contribution in [3.63, 3.8) is 0 Å². The first kappa shape index (κ1) is 31.9. The van der Waals surface area contributed by atoms with Crippen LogP contribution in [0.15, 0.2) is 36.4 Å². The van der Waals surface area contributed by atoms with Crippen molar-refractivity contribution in [2.45, 2.75) is 57.7 Å². The van der Waals surface area contributed by atoms with Gasteiger partial charge in [0.05, 0.1) is 33.9 Å². The standard InChI is InChI=1S/C29H35Cl2N5O5S/c1-29(2,3)41-28(39)32-16-19-6-5-12-36(19)27(38)20-9-7-17(14-21(20)31)26(37)35-23(11-13-42(4)40)25-33-22-10-8-18(30)15-24(22)34-25/h7-10,14-15,19,23H,5-6,11-13,16H2,1-4H3,(H,32,39)(H,33,34)(H,35,37)/t19?,23-,42?/m0/s1. The van der Waals surface area contributed by atoms with E-state index in [1.54, 1.807) is 56.2 Å². The first-order valence-electron chi connectivity index (χ1n) is 13.6. The minimum Gasteiger partial charge on any atom is -0.617 e. The quantitative estimate of drug-likeness (QED) is 0.275. The van der Waals surface area contributed by atoms with Gasteiger partial charge in [0.15, 0.2) is 0 Å².